The molecule has 2 N–H and O–H groups in total. The van der Waals surface area contributed by atoms with Gasteiger partial charge in [0.25, 0.3) is 5.91 Å². The van der Waals surface area contributed by atoms with E-state index in [-0.39, 0.29) is 24.2 Å². The minimum absolute atomic E-state index is 0. The number of carbonyl (C=O) groups excluding carboxylic acids is 2. The Morgan fingerprint density at radius 2 is 1.88 bits per heavy atom. The maximum absolute atomic E-state index is 12.0. The summed E-state index contributed by atoms with van der Waals surface area (Å²) in [7, 11) is 1.59. The zero-order chi connectivity index (χ0) is 16.7. The second-order valence-electron chi connectivity index (χ2n) is 4.95. The number of benzene rings is 1. The predicted molar refractivity (Wildman–Crippen MR) is 94.8 cm³/mol. The van der Waals surface area contributed by atoms with Gasteiger partial charge in [0.1, 0.15) is 5.75 Å². The molecule has 128 valence electrons. The van der Waals surface area contributed by atoms with E-state index in [9.17, 15) is 9.59 Å². The van der Waals surface area contributed by atoms with Gasteiger partial charge in [-0.1, -0.05) is 0 Å². The highest BCUT2D eigenvalue weighted by molar-refractivity contribution is 5.94. The molecule has 1 aromatic heterocycles. The van der Waals surface area contributed by atoms with E-state index >= 15 is 0 Å². The van der Waals surface area contributed by atoms with Crippen molar-refractivity contribution in [1.29, 1.82) is 0 Å². The van der Waals surface area contributed by atoms with Crippen LogP contribution in [-0.2, 0) is 11.2 Å². The second kappa shape index (κ2) is 9.52. The van der Waals surface area contributed by atoms with Gasteiger partial charge in [0, 0.05) is 37.1 Å². The van der Waals surface area contributed by atoms with Crippen molar-refractivity contribution in [3.05, 3.63) is 53.9 Å². The summed E-state index contributed by atoms with van der Waals surface area (Å²) in [6.07, 6.45) is 3.75. The summed E-state index contributed by atoms with van der Waals surface area (Å²) < 4.78 is 5.31. The zero-order valence-corrected chi connectivity index (χ0v) is 14.4. The molecule has 0 aliphatic carbocycles. The minimum atomic E-state index is -0.149. The molecular formula is C17H20ClN3O3. The third-order valence-corrected chi connectivity index (χ3v) is 3.22. The van der Waals surface area contributed by atoms with E-state index < -0.39 is 0 Å². The van der Waals surface area contributed by atoms with Gasteiger partial charge in [0.2, 0.25) is 5.91 Å². The molecule has 0 saturated carbocycles. The molecule has 0 aliphatic rings. The summed E-state index contributed by atoms with van der Waals surface area (Å²) in [6, 6.07) is 8.74. The molecule has 0 radical (unpaired) electrons. The average Bonchev–Trinajstić information content (AvgIpc) is 2.55. The first kappa shape index (κ1) is 19.4. The number of ether oxygens (including phenoxy) is 1. The van der Waals surface area contributed by atoms with Crippen molar-refractivity contribution in [3.63, 3.8) is 0 Å². The van der Waals surface area contributed by atoms with E-state index in [1.54, 1.807) is 43.8 Å². The van der Waals surface area contributed by atoms with Crippen molar-refractivity contribution in [2.45, 2.75) is 13.3 Å². The SMILES string of the molecule is COc1ccc(NC(C)=O)cc1CCNC(=O)c1ccncc1.Cl. The number of rotatable bonds is 6. The zero-order valence-electron chi connectivity index (χ0n) is 13.5. The van der Waals surface area contributed by atoms with Crippen LogP contribution in [0.5, 0.6) is 5.75 Å². The quantitative estimate of drug-likeness (QED) is 0.839. The molecule has 6 nitrogen and oxygen atoms in total. The topological polar surface area (TPSA) is 80.3 Å². The van der Waals surface area contributed by atoms with Crippen molar-refractivity contribution in [2.75, 3.05) is 19.0 Å². The van der Waals surface area contributed by atoms with E-state index in [2.05, 4.69) is 15.6 Å². The first-order valence-electron chi connectivity index (χ1n) is 7.23. The van der Waals surface area contributed by atoms with E-state index in [1.807, 2.05) is 6.07 Å². The number of nitrogens with zero attached hydrogens (tertiary/aromatic N) is 1. The number of methoxy groups -OCH3 is 1. The van der Waals surface area contributed by atoms with Gasteiger partial charge in [0.05, 0.1) is 7.11 Å². The number of carbonyl (C=O) groups is 2. The number of halogens is 1. The fraction of sp³-hybridized carbons (Fsp3) is 0.235. The number of nitrogens with one attached hydrogen (secondary N) is 2. The van der Waals surface area contributed by atoms with Crippen molar-refractivity contribution in [1.82, 2.24) is 10.3 Å². The Labute approximate surface area is 147 Å². The highest BCUT2D eigenvalue weighted by Gasteiger charge is 2.08. The molecule has 0 saturated heterocycles. The number of hydrogen-bond acceptors (Lipinski definition) is 4. The lowest BCUT2D eigenvalue weighted by atomic mass is 10.1. The Hall–Kier alpha value is -2.60. The number of anilines is 1. The summed E-state index contributed by atoms with van der Waals surface area (Å²) in [6.45, 7) is 1.92. The lowest BCUT2D eigenvalue weighted by Gasteiger charge is -2.12. The van der Waals surface area contributed by atoms with Gasteiger partial charge in [-0.3, -0.25) is 14.6 Å². The normalized spacial score (nSPS) is 9.58. The van der Waals surface area contributed by atoms with E-state index in [1.165, 1.54) is 6.92 Å². The van der Waals surface area contributed by atoms with Gasteiger partial charge in [-0.2, -0.15) is 0 Å². The molecule has 24 heavy (non-hydrogen) atoms. The van der Waals surface area contributed by atoms with Crippen LogP contribution in [0.1, 0.15) is 22.8 Å². The summed E-state index contributed by atoms with van der Waals surface area (Å²) in [4.78, 5) is 27.0. The van der Waals surface area contributed by atoms with Crippen LogP contribution in [0.3, 0.4) is 0 Å². The Morgan fingerprint density at radius 3 is 2.50 bits per heavy atom. The van der Waals surface area contributed by atoms with Crippen molar-refractivity contribution >= 4 is 29.9 Å². The second-order valence-corrected chi connectivity index (χ2v) is 4.95. The van der Waals surface area contributed by atoms with Crippen LogP contribution in [0.2, 0.25) is 0 Å². The predicted octanol–water partition coefficient (Wildman–Crippen LogP) is 2.44. The third kappa shape index (κ3) is 5.55. The number of aromatic nitrogens is 1. The van der Waals surface area contributed by atoms with E-state index in [0.29, 0.717) is 24.2 Å². The Kier molecular flexibility index (Phi) is 7.71. The maximum atomic E-state index is 12.0. The van der Waals surface area contributed by atoms with Gasteiger partial charge in [-0.15, -0.1) is 12.4 Å². The Bertz CT molecular complexity index is 693. The molecule has 1 aromatic carbocycles. The lowest BCUT2D eigenvalue weighted by molar-refractivity contribution is -0.114. The first-order valence-corrected chi connectivity index (χ1v) is 7.23. The van der Waals surface area contributed by atoms with Crippen LogP contribution in [0, 0.1) is 0 Å². The fourth-order valence-electron chi connectivity index (χ4n) is 2.17. The van der Waals surface area contributed by atoms with Crippen LogP contribution in [0.15, 0.2) is 42.7 Å². The smallest absolute Gasteiger partial charge is 0.251 e. The van der Waals surface area contributed by atoms with Gasteiger partial charge in [-0.25, -0.2) is 0 Å². The summed E-state index contributed by atoms with van der Waals surface area (Å²) in [5, 5.41) is 5.58. The first-order chi connectivity index (χ1) is 11.1. The average molecular weight is 350 g/mol. The van der Waals surface area contributed by atoms with Crippen molar-refractivity contribution in [3.8, 4) is 5.75 Å². The van der Waals surface area contributed by atoms with Crippen molar-refractivity contribution < 1.29 is 14.3 Å². The highest BCUT2D eigenvalue weighted by atomic mass is 35.5. The van der Waals surface area contributed by atoms with Crippen LogP contribution in [0.25, 0.3) is 0 Å². The molecule has 0 fully saturated rings. The molecule has 0 unspecified atom stereocenters. The molecule has 2 rings (SSSR count). The van der Waals surface area contributed by atoms with E-state index in [4.69, 9.17) is 4.74 Å². The van der Waals surface area contributed by atoms with Crippen LogP contribution in [-0.4, -0.2) is 30.5 Å². The molecule has 2 aromatic rings. The van der Waals surface area contributed by atoms with Crippen LogP contribution >= 0.6 is 12.4 Å². The number of pyridine rings is 1. The molecule has 1 heterocycles. The summed E-state index contributed by atoms with van der Waals surface area (Å²) in [5.74, 6) is 0.439. The highest BCUT2D eigenvalue weighted by Crippen LogP contribution is 2.23. The molecule has 0 spiro atoms. The number of amides is 2. The Morgan fingerprint density at radius 1 is 1.17 bits per heavy atom. The molecule has 7 heteroatoms. The van der Waals surface area contributed by atoms with Gasteiger partial charge in [0.15, 0.2) is 0 Å². The molecule has 0 atom stereocenters. The Balaban J connectivity index is 0.00000288. The standard InChI is InChI=1S/C17H19N3O3.ClH/c1-12(21)20-15-3-4-16(23-2)14(11-15)7-10-19-17(22)13-5-8-18-9-6-13;/h3-6,8-9,11H,7,10H2,1-2H3,(H,19,22)(H,20,21);1H. The monoisotopic (exact) mass is 349 g/mol. The maximum Gasteiger partial charge on any atom is 0.251 e. The summed E-state index contributed by atoms with van der Waals surface area (Å²) >= 11 is 0. The van der Waals surface area contributed by atoms with Gasteiger partial charge < -0.3 is 15.4 Å². The molecule has 0 bridgehead atoms. The fourth-order valence-corrected chi connectivity index (χ4v) is 2.17. The summed E-state index contributed by atoms with van der Waals surface area (Å²) in [5.41, 5.74) is 2.18. The lowest BCUT2D eigenvalue weighted by Crippen LogP contribution is -2.25. The van der Waals surface area contributed by atoms with Crippen LogP contribution in [0.4, 0.5) is 5.69 Å². The molecule has 2 amide bonds. The minimum Gasteiger partial charge on any atom is -0.496 e. The van der Waals surface area contributed by atoms with Crippen molar-refractivity contribution in [2.24, 2.45) is 0 Å². The van der Waals surface area contributed by atoms with Crippen LogP contribution < -0.4 is 15.4 Å². The van der Waals surface area contributed by atoms with E-state index in [0.717, 1.165) is 11.3 Å². The van der Waals surface area contributed by atoms with Gasteiger partial charge in [-0.05, 0) is 42.3 Å². The molecular weight excluding hydrogens is 330 g/mol. The van der Waals surface area contributed by atoms with Gasteiger partial charge >= 0.3 is 0 Å². The molecule has 0 aliphatic heterocycles. The largest absolute Gasteiger partial charge is 0.496 e. The third-order valence-electron chi connectivity index (χ3n) is 3.22. The number of hydrogen-bond donors (Lipinski definition) is 2.